The highest BCUT2D eigenvalue weighted by atomic mass is 16.5. The van der Waals surface area contributed by atoms with Crippen LogP contribution in [0, 0.1) is 0 Å². The molecule has 1 saturated heterocycles. The summed E-state index contributed by atoms with van der Waals surface area (Å²) in [4.78, 5) is 58.3. The largest absolute Gasteiger partial charge is 0.480 e. The van der Waals surface area contributed by atoms with Gasteiger partial charge in [0.15, 0.2) is 0 Å². The molecule has 170 valence electrons. The van der Waals surface area contributed by atoms with E-state index in [4.69, 9.17) is 15.6 Å². The molecule has 0 radical (unpaired) electrons. The Labute approximate surface area is 171 Å². The topological polar surface area (TPSA) is 221 Å². The van der Waals surface area contributed by atoms with Gasteiger partial charge < -0.3 is 46.6 Å². The Kier molecular flexibility index (Phi) is 10.1. The number of amides is 4. The number of carbonyl (C=O) groups excluding carboxylic acids is 4. The Morgan fingerprint density at radius 1 is 0.900 bits per heavy atom. The van der Waals surface area contributed by atoms with Crippen LogP contribution in [0.2, 0.25) is 0 Å². The third kappa shape index (κ3) is 8.28. The molecule has 0 saturated carbocycles. The number of aliphatic hydroxyl groups is 2. The molecule has 8 N–H and O–H groups in total. The van der Waals surface area contributed by atoms with Gasteiger partial charge in [0, 0.05) is 13.6 Å². The van der Waals surface area contributed by atoms with E-state index in [1.807, 2.05) is 5.32 Å². The number of likely N-dealkylation sites (N-methyl/N-ethyl adjacent to an activating group) is 1. The smallest absolute Gasteiger partial charge is 0.322 e. The predicted molar refractivity (Wildman–Crippen MR) is 98.6 cm³/mol. The number of nitrogens with one attached hydrogen (secondary N) is 3. The van der Waals surface area contributed by atoms with Crippen molar-refractivity contribution in [2.75, 3.05) is 39.8 Å². The number of nitrogens with zero attached hydrogens (tertiary/aromatic N) is 1. The molecule has 14 heteroatoms. The summed E-state index contributed by atoms with van der Waals surface area (Å²) in [6.07, 6.45) is -4.49. The van der Waals surface area contributed by atoms with Gasteiger partial charge in [0.05, 0.1) is 38.3 Å². The maximum absolute atomic E-state index is 12.2. The quantitative estimate of drug-likeness (QED) is 0.164. The van der Waals surface area contributed by atoms with Gasteiger partial charge in [0.2, 0.25) is 23.6 Å². The molecule has 1 fully saturated rings. The summed E-state index contributed by atoms with van der Waals surface area (Å²) in [5.41, 5.74) is 5.41. The fourth-order valence-corrected chi connectivity index (χ4v) is 2.53. The second kappa shape index (κ2) is 12.0. The number of hydrogen-bond acceptors (Lipinski definition) is 9. The molecule has 0 aliphatic carbocycles. The lowest BCUT2D eigenvalue weighted by molar-refractivity contribution is -0.138. The fourth-order valence-electron chi connectivity index (χ4n) is 2.53. The Morgan fingerprint density at radius 2 is 1.40 bits per heavy atom. The first-order chi connectivity index (χ1) is 14.0. The van der Waals surface area contributed by atoms with Crippen molar-refractivity contribution in [1.29, 1.82) is 0 Å². The average Bonchev–Trinajstić information content (AvgIpc) is 2.96. The van der Waals surface area contributed by atoms with E-state index in [-0.39, 0.29) is 19.5 Å². The number of aliphatic carboxylic acids is 1. The highest BCUT2D eigenvalue weighted by Gasteiger charge is 2.42. The van der Waals surface area contributed by atoms with Crippen LogP contribution in [0.15, 0.2) is 0 Å². The van der Waals surface area contributed by atoms with Gasteiger partial charge in [0.25, 0.3) is 0 Å². The van der Waals surface area contributed by atoms with Crippen LogP contribution in [0.1, 0.15) is 6.42 Å². The van der Waals surface area contributed by atoms with Gasteiger partial charge in [0.1, 0.15) is 18.8 Å². The molecule has 0 bridgehead atoms. The number of carbonyl (C=O) groups is 5. The Hall–Kier alpha value is -2.81. The van der Waals surface area contributed by atoms with Crippen LogP contribution in [0.3, 0.4) is 0 Å². The van der Waals surface area contributed by atoms with Crippen LogP contribution in [-0.4, -0.2) is 114 Å². The third-order valence-corrected chi connectivity index (χ3v) is 4.20. The lowest BCUT2D eigenvalue weighted by atomic mass is 10.1. The average molecular weight is 433 g/mol. The standard InChI is InChI=1S/C16H27N5O9/c1-21(13(25)2-8-15(28)16(29)9(3-17)30-8)7-12(24)19-5-10(22)18-4-11(23)20-6-14(26)27/h8-9,15-16,28-29H,2-7,17H2,1H3,(H,18,22)(H,19,24)(H,20,23)(H,26,27)/t8-,9+,15-,16+/m0/s1. The maximum atomic E-state index is 12.2. The molecule has 0 spiro atoms. The molecule has 1 aliphatic rings. The lowest BCUT2D eigenvalue weighted by Crippen LogP contribution is -2.45. The van der Waals surface area contributed by atoms with Gasteiger partial charge in [-0.15, -0.1) is 0 Å². The van der Waals surface area contributed by atoms with Crippen molar-refractivity contribution >= 4 is 29.6 Å². The second-order valence-corrected chi connectivity index (χ2v) is 6.61. The molecule has 1 rings (SSSR count). The molecular weight excluding hydrogens is 406 g/mol. The van der Waals surface area contributed by atoms with E-state index in [0.717, 1.165) is 4.90 Å². The van der Waals surface area contributed by atoms with Crippen molar-refractivity contribution in [3.63, 3.8) is 0 Å². The van der Waals surface area contributed by atoms with E-state index < -0.39 is 73.6 Å². The van der Waals surface area contributed by atoms with Gasteiger partial charge in [-0.2, -0.15) is 0 Å². The Bertz CT molecular complexity index is 659. The predicted octanol–water partition coefficient (Wildman–Crippen LogP) is -5.28. The molecule has 0 unspecified atom stereocenters. The summed E-state index contributed by atoms with van der Waals surface area (Å²) in [7, 11) is 1.34. The monoisotopic (exact) mass is 433 g/mol. The minimum Gasteiger partial charge on any atom is -0.480 e. The van der Waals surface area contributed by atoms with E-state index in [0.29, 0.717) is 0 Å². The van der Waals surface area contributed by atoms with E-state index in [9.17, 15) is 34.2 Å². The fraction of sp³-hybridized carbons (Fsp3) is 0.688. The van der Waals surface area contributed by atoms with Gasteiger partial charge in [-0.25, -0.2) is 0 Å². The minimum absolute atomic E-state index is 0.0234. The number of nitrogens with two attached hydrogens (primary N) is 1. The number of hydrogen-bond donors (Lipinski definition) is 7. The number of carboxylic acid groups (broad SMARTS) is 1. The van der Waals surface area contributed by atoms with Crippen LogP contribution in [0.4, 0.5) is 0 Å². The van der Waals surface area contributed by atoms with Crippen molar-refractivity contribution in [1.82, 2.24) is 20.9 Å². The van der Waals surface area contributed by atoms with E-state index >= 15 is 0 Å². The van der Waals surface area contributed by atoms with Gasteiger partial charge in [-0.1, -0.05) is 0 Å². The van der Waals surface area contributed by atoms with E-state index in [1.54, 1.807) is 0 Å². The number of ether oxygens (including phenoxy) is 1. The maximum Gasteiger partial charge on any atom is 0.322 e. The molecule has 0 aromatic rings. The van der Waals surface area contributed by atoms with E-state index in [1.165, 1.54) is 7.05 Å². The molecule has 0 aromatic carbocycles. The number of carboxylic acids is 1. The van der Waals surface area contributed by atoms with Crippen molar-refractivity contribution in [2.24, 2.45) is 5.73 Å². The van der Waals surface area contributed by atoms with Crippen LogP contribution in [0.25, 0.3) is 0 Å². The number of aliphatic hydroxyl groups excluding tert-OH is 2. The molecule has 1 aliphatic heterocycles. The number of rotatable bonds is 11. The zero-order chi connectivity index (χ0) is 22.8. The second-order valence-electron chi connectivity index (χ2n) is 6.61. The SMILES string of the molecule is CN(CC(=O)NCC(=O)NCC(=O)NCC(=O)O)C(=O)C[C@@H]1O[C@H](CN)[C@@H](O)[C@H]1O. The summed E-state index contributed by atoms with van der Waals surface area (Å²) >= 11 is 0. The minimum atomic E-state index is -1.28. The van der Waals surface area contributed by atoms with Crippen molar-refractivity contribution < 1.29 is 44.0 Å². The van der Waals surface area contributed by atoms with Crippen LogP contribution >= 0.6 is 0 Å². The Balaban J connectivity index is 2.30. The zero-order valence-corrected chi connectivity index (χ0v) is 16.4. The molecule has 14 nitrogen and oxygen atoms in total. The molecular formula is C16H27N5O9. The van der Waals surface area contributed by atoms with Crippen molar-refractivity contribution in [3.05, 3.63) is 0 Å². The van der Waals surface area contributed by atoms with Crippen LogP contribution < -0.4 is 21.7 Å². The first-order valence-electron chi connectivity index (χ1n) is 9.02. The molecule has 1 heterocycles. The van der Waals surface area contributed by atoms with Crippen molar-refractivity contribution in [3.8, 4) is 0 Å². The van der Waals surface area contributed by atoms with Gasteiger partial charge >= 0.3 is 5.97 Å². The molecule has 30 heavy (non-hydrogen) atoms. The van der Waals surface area contributed by atoms with E-state index in [2.05, 4.69) is 10.6 Å². The highest BCUT2D eigenvalue weighted by molar-refractivity contribution is 5.90. The highest BCUT2D eigenvalue weighted by Crippen LogP contribution is 2.23. The third-order valence-electron chi connectivity index (χ3n) is 4.20. The first-order valence-corrected chi connectivity index (χ1v) is 9.02. The summed E-state index contributed by atoms with van der Waals surface area (Å²) in [5.74, 6) is -3.81. The summed E-state index contributed by atoms with van der Waals surface area (Å²) in [6.45, 7) is -1.90. The van der Waals surface area contributed by atoms with Gasteiger partial charge in [-0.3, -0.25) is 24.0 Å². The van der Waals surface area contributed by atoms with Crippen molar-refractivity contribution in [2.45, 2.75) is 30.8 Å². The molecule has 4 atom stereocenters. The first kappa shape index (κ1) is 25.2. The Morgan fingerprint density at radius 3 is 1.90 bits per heavy atom. The summed E-state index contributed by atoms with van der Waals surface area (Å²) in [6, 6.07) is 0. The normalized spacial score (nSPS) is 22.8. The van der Waals surface area contributed by atoms with Gasteiger partial charge in [-0.05, 0) is 0 Å². The zero-order valence-electron chi connectivity index (χ0n) is 16.4. The summed E-state index contributed by atoms with van der Waals surface area (Å²) < 4.78 is 5.33. The van der Waals surface area contributed by atoms with Crippen LogP contribution in [-0.2, 0) is 28.7 Å². The lowest BCUT2D eigenvalue weighted by Gasteiger charge is -2.20. The molecule has 0 aromatic heterocycles. The molecule has 4 amide bonds. The summed E-state index contributed by atoms with van der Waals surface area (Å²) in [5, 5.41) is 34.5. The van der Waals surface area contributed by atoms with Crippen LogP contribution in [0.5, 0.6) is 0 Å².